The van der Waals surface area contributed by atoms with Gasteiger partial charge in [-0.15, -0.1) is 0 Å². The van der Waals surface area contributed by atoms with Crippen molar-refractivity contribution in [3.63, 3.8) is 0 Å². The molecule has 2 nitrogen and oxygen atoms in total. The van der Waals surface area contributed by atoms with Gasteiger partial charge in [0.15, 0.2) is 5.78 Å². The summed E-state index contributed by atoms with van der Waals surface area (Å²) in [6.07, 6.45) is 1.12. The van der Waals surface area contributed by atoms with Gasteiger partial charge in [0.1, 0.15) is 5.82 Å². The van der Waals surface area contributed by atoms with Crippen LogP contribution in [0.15, 0.2) is 24.3 Å². The van der Waals surface area contributed by atoms with E-state index in [0.717, 1.165) is 25.3 Å². The van der Waals surface area contributed by atoms with E-state index in [2.05, 4.69) is 11.8 Å². The molecule has 0 aliphatic carbocycles. The number of halogens is 1. The van der Waals surface area contributed by atoms with Gasteiger partial charge in [-0.05, 0) is 18.6 Å². The summed E-state index contributed by atoms with van der Waals surface area (Å²) in [6.45, 7) is 4.35. The van der Waals surface area contributed by atoms with Crippen LogP contribution in [0.1, 0.15) is 23.7 Å². The number of Topliss-reactive ketones (excluding diaryl/α,β-unsaturated/α-hetero) is 1. The van der Waals surface area contributed by atoms with E-state index in [-0.39, 0.29) is 11.3 Å². The van der Waals surface area contributed by atoms with Crippen molar-refractivity contribution in [3.05, 3.63) is 35.6 Å². The number of hydrogen-bond donors (Lipinski definition) is 0. The zero-order chi connectivity index (χ0) is 13.0. The highest BCUT2D eigenvalue weighted by Gasteiger charge is 2.22. The predicted molar refractivity (Wildman–Crippen MR) is 73.7 cm³/mol. The van der Waals surface area contributed by atoms with Gasteiger partial charge in [0, 0.05) is 24.1 Å². The Hall–Kier alpha value is -0.870. The first kappa shape index (κ1) is 13.6. The number of rotatable bonds is 4. The second-order valence-electron chi connectivity index (χ2n) is 4.54. The smallest absolute Gasteiger partial charge is 0.179 e. The van der Waals surface area contributed by atoms with Crippen LogP contribution in [0, 0.1) is 5.82 Å². The molecule has 0 saturated carbocycles. The Balaban J connectivity index is 1.97. The van der Waals surface area contributed by atoms with Crippen LogP contribution in [-0.4, -0.2) is 41.3 Å². The highest BCUT2D eigenvalue weighted by atomic mass is 32.2. The molecule has 1 aliphatic rings. The van der Waals surface area contributed by atoms with Crippen molar-refractivity contribution in [2.24, 2.45) is 0 Å². The molecule has 98 valence electrons. The molecule has 1 saturated heterocycles. The van der Waals surface area contributed by atoms with E-state index in [1.54, 1.807) is 18.2 Å². The van der Waals surface area contributed by atoms with E-state index < -0.39 is 5.82 Å². The van der Waals surface area contributed by atoms with Crippen LogP contribution in [0.2, 0.25) is 0 Å². The summed E-state index contributed by atoms with van der Waals surface area (Å²) in [5.41, 5.74) is 0.212. The lowest BCUT2D eigenvalue weighted by atomic mass is 10.1. The van der Waals surface area contributed by atoms with Gasteiger partial charge in [0.25, 0.3) is 0 Å². The predicted octanol–water partition coefficient (Wildman–Crippen LogP) is 2.84. The largest absolute Gasteiger partial charge is 0.294 e. The Morgan fingerprint density at radius 3 is 3.00 bits per heavy atom. The Morgan fingerprint density at radius 1 is 1.50 bits per heavy atom. The molecule has 0 bridgehead atoms. The molecule has 2 rings (SSSR count). The lowest BCUT2D eigenvalue weighted by Gasteiger charge is -2.31. The lowest BCUT2D eigenvalue weighted by Crippen LogP contribution is -2.40. The minimum atomic E-state index is -0.416. The van der Waals surface area contributed by atoms with Gasteiger partial charge in [-0.3, -0.25) is 9.69 Å². The maximum absolute atomic E-state index is 13.5. The third-order valence-electron chi connectivity index (χ3n) is 3.22. The number of ketones is 1. The summed E-state index contributed by atoms with van der Waals surface area (Å²) in [7, 11) is 0. The first-order valence-corrected chi connectivity index (χ1v) is 7.37. The van der Waals surface area contributed by atoms with Crippen molar-refractivity contribution in [1.29, 1.82) is 0 Å². The quantitative estimate of drug-likeness (QED) is 0.782. The van der Waals surface area contributed by atoms with Crippen molar-refractivity contribution in [2.45, 2.75) is 18.6 Å². The van der Waals surface area contributed by atoms with E-state index in [1.165, 1.54) is 6.07 Å². The highest BCUT2D eigenvalue weighted by Crippen LogP contribution is 2.21. The topological polar surface area (TPSA) is 20.3 Å². The van der Waals surface area contributed by atoms with Crippen molar-refractivity contribution >= 4 is 17.5 Å². The van der Waals surface area contributed by atoms with Crippen LogP contribution in [0.5, 0.6) is 0 Å². The standard InChI is InChI=1S/C14H18FNOS/c1-2-11-9-16(7-8-18-11)10-14(17)12-5-3-4-6-13(12)15/h3-6,11H,2,7-10H2,1H3. The summed E-state index contributed by atoms with van der Waals surface area (Å²) in [6, 6.07) is 6.22. The third kappa shape index (κ3) is 3.33. The molecule has 4 heteroatoms. The molecule has 1 atom stereocenters. The molecule has 1 unspecified atom stereocenters. The zero-order valence-electron chi connectivity index (χ0n) is 10.6. The van der Waals surface area contributed by atoms with Crippen LogP contribution in [0.25, 0.3) is 0 Å². The normalized spacial score (nSPS) is 20.9. The van der Waals surface area contributed by atoms with E-state index in [9.17, 15) is 9.18 Å². The van der Waals surface area contributed by atoms with Gasteiger partial charge < -0.3 is 0 Å². The Kier molecular flexibility index (Phi) is 4.78. The average molecular weight is 267 g/mol. The van der Waals surface area contributed by atoms with Gasteiger partial charge >= 0.3 is 0 Å². The molecular formula is C14H18FNOS. The number of carbonyl (C=O) groups excluding carboxylic acids is 1. The number of thioether (sulfide) groups is 1. The fraction of sp³-hybridized carbons (Fsp3) is 0.500. The van der Waals surface area contributed by atoms with E-state index in [0.29, 0.717) is 11.8 Å². The van der Waals surface area contributed by atoms with Crippen LogP contribution < -0.4 is 0 Å². The molecule has 0 aromatic heterocycles. The second-order valence-corrected chi connectivity index (χ2v) is 5.95. The zero-order valence-corrected chi connectivity index (χ0v) is 11.4. The molecule has 18 heavy (non-hydrogen) atoms. The summed E-state index contributed by atoms with van der Waals surface area (Å²) in [5, 5.41) is 0.604. The van der Waals surface area contributed by atoms with E-state index >= 15 is 0 Å². The first-order chi connectivity index (χ1) is 8.70. The van der Waals surface area contributed by atoms with Crippen LogP contribution in [0.3, 0.4) is 0 Å². The minimum absolute atomic E-state index is 0.116. The maximum atomic E-state index is 13.5. The van der Waals surface area contributed by atoms with E-state index in [1.807, 2.05) is 11.8 Å². The second kappa shape index (κ2) is 6.34. The minimum Gasteiger partial charge on any atom is -0.294 e. The van der Waals surface area contributed by atoms with Gasteiger partial charge in [0.2, 0.25) is 0 Å². The molecule has 1 aliphatic heterocycles. The third-order valence-corrected chi connectivity index (χ3v) is 4.59. The Bertz CT molecular complexity index is 424. The van der Waals surface area contributed by atoms with Crippen molar-refractivity contribution in [1.82, 2.24) is 4.90 Å². The monoisotopic (exact) mass is 267 g/mol. The summed E-state index contributed by atoms with van der Waals surface area (Å²) in [5.74, 6) is 0.527. The number of benzene rings is 1. The summed E-state index contributed by atoms with van der Waals surface area (Å²) < 4.78 is 13.5. The van der Waals surface area contributed by atoms with E-state index in [4.69, 9.17) is 0 Å². The summed E-state index contributed by atoms with van der Waals surface area (Å²) >= 11 is 1.97. The van der Waals surface area contributed by atoms with Gasteiger partial charge in [-0.1, -0.05) is 19.1 Å². The molecule has 0 amide bonds. The number of carbonyl (C=O) groups is 1. The van der Waals surface area contributed by atoms with Crippen molar-refractivity contribution in [2.75, 3.05) is 25.4 Å². The molecule has 0 radical (unpaired) electrons. The first-order valence-electron chi connectivity index (χ1n) is 6.32. The van der Waals surface area contributed by atoms with Gasteiger partial charge in [-0.2, -0.15) is 11.8 Å². The van der Waals surface area contributed by atoms with Gasteiger partial charge in [-0.25, -0.2) is 4.39 Å². The molecule has 1 aromatic carbocycles. The van der Waals surface area contributed by atoms with Crippen LogP contribution >= 0.6 is 11.8 Å². The van der Waals surface area contributed by atoms with Crippen molar-refractivity contribution < 1.29 is 9.18 Å². The van der Waals surface area contributed by atoms with Crippen molar-refractivity contribution in [3.8, 4) is 0 Å². The molecular weight excluding hydrogens is 249 g/mol. The molecule has 1 heterocycles. The molecule has 1 fully saturated rings. The summed E-state index contributed by atoms with van der Waals surface area (Å²) in [4.78, 5) is 14.2. The fourth-order valence-corrected chi connectivity index (χ4v) is 3.40. The highest BCUT2D eigenvalue weighted by molar-refractivity contribution is 8.00. The fourth-order valence-electron chi connectivity index (χ4n) is 2.15. The Labute approximate surface area is 112 Å². The molecule has 1 aromatic rings. The number of nitrogens with zero attached hydrogens (tertiary/aromatic N) is 1. The average Bonchev–Trinajstić information content (AvgIpc) is 2.39. The van der Waals surface area contributed by atoms with Crippen LogP contribution in [-0.2, 0) is 0 Å². The molecule has 0 spiro atoms. The lowest BCUT2D eigenvalue weighted by molar-refractivity contribution is 0.0928. The number of hydrogen-bond acceptors (Lipinski definition) is 3. The molecule has 0 N–H and O–H groups in total. The maximum Gasteiger partial charge on any atom is 0.179 e. The SMILES string of the molecule is CCC1CN(CC(=O)c2ccccc2F)CCS1. The van der Waals surface area contributed by atoms with Crippen LogP contribution in [0.4, 0.5) is 4.39 Å². The van der Waals surface area contributed by atoms with Gasteiger partial charge in [0.05, 0.1) is 12.1 Å². The Morgan fingerprint density at radius 2 is 2.28 bits per heavy atom.